The van der Waals surface area contributed by atoms with Gasteiger partial charge in [-0.1, -0.05) is 30.7 Å². The number of nitro benzene ring substituents is 1. The predicted octanol–water partition coefficient (Wildman–Crippen LogP) is 2.42. The number of para-hydroxylation sites is 1. The van der Waals surface area contributed by atoms with Gasteiger partial charge in [0.05, 0.1) is 22.1 Å². The van der Waals surface area contributed by atoms with E-state index in [1.54, 1.807) is 12.1 Å². The number of esters is 1. The molecule has 1 aromatic rings. The lowest BCUT2D eigenvalue weighted by molar-refractivity contribution is -0.386. The Kier molecular flexibility index (Phi) is 3.54. The molecule has 0 amide bonds. The van der Waals surface area contributed by atoms with E-state index in [2.05, 4.69) is 11.0 Å². The molecule has 4 atom stereocenters. The summed E-state index contributed by atoms with van der Waals surface area (Å²) in [4.78, 5) is 26.1. The highest BCUT2D eigenvalue weighted by molar-refractivity contribution is 5.96. The molecule has 3 heterocycles. The summed E-state index contributed by atoms with van der Waals surface area (Å²) < 4.78 is 5.93. The van der Waals surface area contributed by atoms with Crippen molar-refractivity contribution in [2.75, 3.05) is 6.54 Å². The van der Waals surface area contributed by atoms with E-state index in [1.807, 2.05) is 6.08 Å². The molecule has 7 heteroatoms. The molecule has 0 radical (unpaired) electrons. The van der Waals surface area contributed by atoms with E-state index in [-0.39, 0.29) is 28.9 Å². The van der Waals surface area contributed by atoms with Crippen molar-refractivity contribution in [2.45, 2.75) is 49.5 Å². The highest BCUT2D eigenvalue weighted by Gasteiger charge is 2.62. The van der Waals surface area contributed by atoms with E-state index in [1.165, 1.54) is 12.1 Å². The Morgan fingerprint density at radius 3 is 2.96 bits per heavy atom. The highest BCUT2D eigenvalue weighted by atomic mass is 16.6. The van der Waals surface area contributed by atoms with Gasteiger partial charge in [0, 0.05) is 24.1 Å². The van der Waals surface area contributed by atoms with Crippen LogP contribution in [0.25, 0.3) is 0 Å². The van der Waals surface area contributed by atoms with Gasteiger partial charge in [-0.3, -0.25) is 15.0 Å². The van der Waals surface area contributed by atoms with Crippen molar-refractivity contribution >= 4 is 11.7 Å². The molecule has 1 N–H and O–H groups in total. The minimum absolute atomic E-state index is 0.112. The summed E-state index contributed by atoms with van der Waals surface area (Å²) >= 11 is 0. The minimum Gasteiger partial charge on any atom is -0.449 e. The van der Waals surface area contributed by atoms with Crippen molar-refractivity contribution in [3.8, 4) is 0 Å². The minimum atomic E-state index is -1.38. The number of carbonyl (C=O) groups excluding carboxylic acids is 1. The zero-order chi connectivity index (χ0) is 18.8. The lowest BCUT2D eigenvalue weighted by atomic mass is 9.78. The van der Waals surface area contributed by atoms with Crippen LogP contribution in [0.15, 0.2) is 47.6 Å². The Morgan fingerprint density at radius 1 is 1.33 bits per heavy atom. The Bertz CT molecular complexity index is 907. The van der Waals surface area contributed by atoms with Gasteiger partial charge in [0.2, 0.25) is 0 Å². The number of rotatable bonds is 3. The van der Waals surface area contributed by atoms with Crippen LogP contribution in [0, 0.1) is 10.1 Å². The van der Waals surface area contributed by atoms with Gasteiger partial charge in [-0.05, 0) is 25.5 Å². The second-order valence-electron chi connectivity index (χ2n) is 7.70. The average molecular weight is 368 g/mol. The largest absolute Gasteiger partial charge is 0.449 e. The number of benzene rings is 1. The van der Waals surface area contributed by atoms with Crippen molar-refractivity contribution in [1.29, 1.82) is 0 Å². The molecule has 3 aliphatic heterocycles. The first kappa shape index (κ1) is 16.6. The SMILES string of the molecule is O=C1O[C@@]23C[C@@H](C=CC2=C1[C@H](O)c1ccccc1[N+](=O)[O-])N1CCCC[C@@H]13. The number of fused-ring (bicyclic) bond motifs is 3. The number of piperidine rings is 1. The molecule has 5 rings (SSSR count). The standard InChI is InChI=1S/C20H20N2O5/c23-18(13-5-1-2-6-15(13)22(25)26)17-14-9-8-12-11-20(14,27-19(17)24)16-7-3-4-10-21(12)16/h1-2,5-6,8-9,12,16,18,23H,3-4,7,10-11H2/t12-,16-,18-,20+/m1/s1. The zero-order valence-electron chi connectivity index (χ0n) is 14.7. The number of carbonyl (C=O) groups is 1. The summed E-state index contributed by atoms with van der Waals surface area (Å²) in [6, 6.07) is 6.35. The second-order valence-corrected chi connectivity index (χ2v) is 7.70. The molecular weight excluding hydrogens is 348 g/mol. The van der Waals surface area contributed by atoms with E-state index in [4.69, 9.17) is 4.74 Å². The summed E-state index contributed by atoms with van der Waals surface area (Å²) in [5, 5.41) is 22.3. The van der Waals surface area contributed by atoms with Crippen molar-refractivity contribution in [1.82, 2.24) is 4.90 Å². The van der Waals surface area contributed by atoms with Crippen LogP contribution < -0.4 is 0 Å². The van der Waals surface area contributed by atoms with Gasteiger partial charge in [-0.25, -0.2) is 4.79 Å². The fraction of sp³-hybridized carbons (Fsp3) is 0.450. The van der Waals surface area contributed by atoms with Crippen LogP contribution in [0.2, 0.25) is 0 Å². The molecule has 1 aliphatic carbocycles. The summed E-state index contributed by atoms with van der Waals surface area (Å²) in [5.74, 6) is -0.562. The van der Waals surface area contributed by atoms with Gasteiger partial charge in [-0.15, -0.1) is 0 Å². The van der Waals surface area contributed by atoms with E-state index in [0.29, 0.717) is 12.0 Å². The molecule has 4 aliphatic rings. The third-order valence-electron chi connectivity index (χ3n) is 6.45. The molecule has 2 saturated heterocycles. The Balaban J connectivity index is 1.63. The van der Waals surface area contributed by atoms with Crippen molar-refractivity contribution in [2.24, 2.45) is 0 Å². The van der Waals surface area contributed by atoms with Crippen molar-refractivity contribution < 1.29 is 19.6 Å². The first-order valence-corrected chi connectivity index (χ1v) is 9.36. The maximum absolute atomic E-state index is 12.8. The number of nitrogens with zero attached hydrogens (tertiary/aromatic N) is 2. The number of hydrogen-bond donors (Lipinski definition) is 1. The number of aliphatic hydroxyl groups excluding tert-OH is 1. The zero-order valence-corrected chi connectivity index (χ0v) is 14.7. The van der Waals surface area contributed by atoms with Crippen LogP contribution in [-0.4, -0.2) is 45.1 Å². The topological polar surface area (TPSA) is 92.9 Å². The molecule has 27 heavy (non-hydrogen) atoms. The van der Waals surface area contributed by atoms with Gasteiger partial charge in [0.15, 0.2) is 5.60 Å². The van der Waals surface area contributed by atoms with Gasteiger partial charge in [-0.2, -0.15) is 0 Å². The first-order valence-electron chi connectivity index (χ1n) is 9.36. The molecule has 0 unspecified atom stereocenters. The van der Waals surface area contributed by atoms with E-state index < -0.39 is 22.6 Å². The Morgan fingerprint density at radius 2 is 2.15 bits per heavy atom. The molecule has 2 bridgehead atoms. The van der Waals surface area contributed by atoms with Crippen LogP contribution in [0.5, 0.6) is 0 Å². The maximum atomic E-state index is 12.8. The summed E-state index contributed by atoms with van der Waals surface area (Å²) in [5.41, 5.74) is 0.0371. The number of hydrogen-bond acceptors (Lipinski definition) is 6. The van der Waals surface area contributed by atoms with Crippen LogP contribution in [-0.2, 0) is 9.53 Å². The van der Waals surface area contributed by atoms with Crippen LogP contribution in [0.4, 0.5) is 5.69 Å². The van der Waals surface area contributed by atoms with Crippen LogP contribution in [0.1, 0.15) is 37.4 Å². The highest BCUT2D eigenvalue weighted by Crippen LogP contribution is 2.54. The van der Waals surface area contributed by atoms with Gasteiger partial charge < -0.3 is 9.84 Å². The number of aliphatic hydroxyl groups is 1. The first-order chi connectivity index (χ1) is 13.0. The third-order valence-corrected chi connectivity index (χ3v) is 6.45. The summed E-state index contributed by atoms with van der Waals surface area (Å²) in [7, 11) is 0. The molecular formula is C20H20N2O5. The fourth-order valence-electron chi connectivity index (χ4n) is 5.34. The van der Waals surface area contributed by atoms with Crippen molar-refractivity contribution in [3.63, 3.8) is 0 Å². The summed E-state index contributed by atoms with van der Waals surface area (Å²) in [6.07, 6.45) is 6.45. The normalized spacial score (nSPS) is 32.9. The second kappa shape index (κ2) is 5.74. The molecule has 0 aromatic heterocycles. The smallest absolute Gasteiger partial charge is 0.338 e. The molecule has 140 valence electrons. The van der Waals surface area contributed by atoms with E-state index in [9.17, 15) is 20.0 Å². The van der Waals surface area contributed by atoms with E-state index >= 15 is 0 Å². The van der Waals surface area contributed by atoms with Crippen molar-refractivity contribution in [3.05, 3.63) is 63.2 Å². The third kappa shape index (κ3) is 2.18. The average Bonchev–Trinajstić information content (AvgIpc) is 3.12. The molecule has 2 fully saturated rings. The van der Waals surface area contributed by atoms with Crippen LogP contribution >= 0.6 is 0 Å². The lowest BCUT2D eigenvalue weighted by Gasteiger charge is -2.37. The Hall–Kier alpha value is -2.51. The maximum Gasteiger partial charge on any atom is 0.338 e. The molecule has 7 nitrogen and oxygen atoms in total. The molecule has 1 spiro atoms. The molecule has 0 saturated carbocycles. The monoisotopic (exact) mass is 368 g/mol. The fourth-order valence-corrected chi connectivity index (χ4v) is 5.34. The van der Waals surface area contributed by atoms with Gasteiger partial charge >= 0.3 is 5.97 Å². The summed E-state index contributed by atoms with van der Waals surface area (Å²) in [6.45, 7) is 0.980. The number of nitro groups is 1. The quantitative estimate of drug-likeness (QED) is 0.500. The van der Waals surface area contributed by atoms with E-state index in [0.717, 1.165) is 25.8 Å². The predicted molar refractivity (Wildman–Crippen MR) is 95.8 cm³/mol. The molecule has 1 aromatic carbocycles. The lowest BCUT2D eigenvalue weighted by Crippen LogP contribution is -2.48. The number of ether oxygens (including phenoxy) is 1. The van der Waals surface area contributed by atoms with Gasteiger partial charge in [0.25, 0.3) is 5.69 Å². The van der Waals surface area contributed by atoms with Gasteiger partial charge in [0.1, 0.15) is 6.10 Å². The van der Waals surface area contributed by atoms with Crippen LogP contribution in [0.3, 0.4) is 0 Å². The Labute approximate surface area is 156 Å².